The Hall–Kier alpha value is -1.26. The summed E-state index contributed by atoms with van der Waals surface area (Å²) < 4.78 is 0. The maximum absolute atomic E-state index is 12.1. The number of piperidine rings is 1. The van der Waals surface area contributed by atoms with Crippen LogP contribution in [0.5, 0.6) is 0 Å². The number of hydrogen-bond donors (Lipinski definition) is 1. The summed E-state index contributed by atoms with van der Waals surface area (Å²) in [5.41, 5.74) is 0.464. The van der Waals surface area contributed by atoms with Crippen molar-refractivity contribution >= 4 is 40.7 Å². The number of rotatable bonds is 3. The first-order chi connectivity index (χ1) is 9.95. The Bertz CT molecular complexity index is 540. The minimum atomic E-state index is -0.358. The normalized spacial score (nSPS) is 15.9. The van der Waals surface area contributed by atoms with Gasteiger partial charge in [-0.1, -0.05) is 30.1 Å². The first kappa shape index (κ1) is 16.1. The number of carbonyl (C=O) groups excluding carboxylic acids is 2. The molecule has 1 fully saturated rings. The summed E-state index contributed by atoms with van der Waals surface area (Å²) in [6, 6.07) is 4.80. The fourth-order valence-electron chi connectivity index (χ4n) is 2.29. The largest absolute Gasteiger partial charge is 0.342 e. The molecule has 0 aromatic heterocycles. The summed E-state index contributed by atoms with van der Waals surface area (Å²) in [6.07, 6.45) is 1.83. The Morgan fingerprint density at radius 2 is 1.95 bits per heavy atom. The average Bonchev–Trinajstić information content (AvgIpc) is 2.42. The Morgan fingerprint density at radius 3 is 2.57 bits per heavy atom. The molecule has 1 N–H and O–H groups in total. The molecule has 21 heavy (non-hydrogen) atoms. The number of carbonyl (C=O) groups is 2. The Kier molecular flexibility index (Phi) is 5.48. The second kappa shape index (κ2) is 7.14. The molecule has 4 nitrogen and oxygen atoms in total. The molecule has 0 radical (unpaired) electrons. The van der Waals surface area contributed by atoms with Gasteiger partial charge in [0.05, 0.1) is 10.7 Å². The van der Waals surface area contributed by atoms with Crippen LogP contribution in [0.1, 0.15) is 26.2 Å². The summed E-state index contributed by atoms with van der Waals surface area (Å²) in [4.78, 5) is 25.7. The number of nitrogens with zero attached hydrogens (tertiary/aromatic N) is 1. The zero-order valence-electron chi connectivity index (χ0n) is 11.9. The van der Waals surface area contributed by atoms with Crippen molar-refractivity contribution in [2.45, 2.75) is 26.2 Å². The van der Waals surface area contributed by atoms with Gasteiger partial charge >= 0.3 is 0 Å². The number of nitrogens with one attached hydrogen (secondary N) is 1. The molecule has 114 valence electrons. The lowest BCUT2D eigenvalue weighted by molar-refractivity contribution is -0.135. The lowest BCUT2D eigenvalue weighted by Gasteiger charge is -2.30. The first-order valence-corrected chi connectivity index (χ1v) is 7.74. The summed E-state index contributed by atoms with van der Waals surface area (Å²) >= 11 is 11.8. The molecule has 1 saturated heterocycles. The number of anilines is 1. The van der Waals surface area contributed by atoms with Crippen LogP contribution in [0.2, 0.25) is 10.0 Å². The van der Waals surface area contributed by atoms with Crippen LogP contribution in [0.25, 0.3) is 0 Å². The molecular formula is C15H18Cl2N2O2. The average molecular weight is 329 g/mol. The molecule has 1 aromatic rings. The minimum absolute atomic E-state index is 0.135. The number of halogens is 2. The Labute approximate surface area is 134 Å². The highest BCUT2D eigenvalue weighted by Crippen LogP contribution is 2.25. The fourth-order valence-corrected chi connectivity index (χ4v) is 2.75. The molecule has 6 heteroatoms. The van der Waals surface area contributed by atoms with E-state index < -0.39 is 0 Å². The molecule has 0 bridgehead atoms. The van der Waals surface area contributed by atoms with Gasteiger partial charge in [-0.25, -0.2) is 0 Å². The highest BCUT2D eigenvalue weighted by Gasteiger charge is 2.22. The molecule has 0 spiro atoms. The number of likely N-dealkylation sites (tertiary alicyclic amines) is 1. The van der Waals surface area contributed by atoms with Crippen molar-refractivity contribution in [1.82, 2.24) is 4.90 Å². The lowest BCUT2D eigenvalue weighted by Crippen LogP contribution is -2.39. The van der Waals surface area contributed by atoms with Gasteiger partial charge in [-0.2, -0.15) is 0 Å². The van der Waals surface area contributed by atoms with Crippen molar-refractivity contribution in [3.05, 3.63) is 28.2 Å². The van der Waals surface area contributed by atoms with E-state index in [9.17, 15) is 9.59 Å². The van der Waals surface area contributed by atoms with Gasteiger partial charge in [0, 0.05) is 18.1 Å². The van der Waals surface area contributed by atoms with Gasteiger partial charge < -0.3 is 10.2 Å². The van der Waals surface area contributed by atoms with E-state index in [-0.39, 0.29) is 18.2 Å². The summed E-state index contributed by atoms with van der Waals surface area (Å²) in [5, 5.41) is 3.49. The highest BCUT2D eigenvalue weighted by molar-refractivity contribution is 6.36. The SMILES string of the molecule is CC1CCN(C(=O)CC(=O)Nc2ccc(Cl)cc2Cl)CC1. The van der Waals surface area contributed by atoms with Crippen LogP contribution in [-0.2, 0) is 9.59 Å². The smallest absolute Gasteiger partial charge is 0.233 e. The zero-order valence-corrected chi connectivity index (χ0v) is 13.4. The van der Waals surface area contributed by atoms with E-state index in [0.717, 1.165) is 25.9 Å². The van der Waals surface area contributed by atoms with Crippen molar-refractivity contribution in [3.8, 4) is 0 Å². The van der Waals surface area contributed by atoms with Crippen LogP contribution in [0.15, 0.2) is 18.2 Å². The van der Waals surface area contributed by atoms with Crippen LogP contribution < -0.4 is 5.32 Å². The first-order valence-electron chi connectivity index (χ1n) is 6.98. The van der Waals surface area contributed by atoms with Gasteiger partial charge in [-0.3, -0.25) is 9.59 Å². The van der Waals surface area contributed by atoms with Crippen molar-refractivity contribution < 1.29 is 9.59 Å². The van der Waals surface area contributed by atoms with Gasteiger partial charge in [0.2, 0.25) is 11.8 Å². The van der Waals surface area contributed by atoms with Crippen molar-refractivity contribution in [1.29, 1.82) is 0 Å². The van der Waals surface area contributed by atoms with Crippen molar-refractivity contribution in [3.63, 3.8) is 0 Å². The van der Waals surface area contributed by atoms with Gasteiger partial charge in [0.15, 0.2) is 0 Å². The molecule has 2 rings (SSSR count). The number of hydrogen-bond acceptors (Lipinski definition) is 2. The van der Waals surface area contributed by atoms with Crippen LogP contribution in [-0.4, -0.2) is 29.8 Å². The van der Waals surface area contributed by atoms with E-state index in [1.165, 1.54) is 0 Å². The van der Waals surface area contributed by atoms with E-state index >= 15 is 0 Å². The Morgan fingerprint density at radius 1 is 1.29 bits per heavy atom. The minimum Gasteiger partial charge on any atom is -0.342 e. The van der Waals surface area contributed by atoms with Crippen LogP contribution >= 0.6 is 23.2 Å². The van der Waals surface area contributed by atoms with Gasteiger partial charge in [-0.15, -0.1) is 0 Å². The molecule has 1 heterocycles. The quantitative estimate of drug-likeness (QED) is 0.862. The van der Waals surface area contributed by atoms with E-state index in [1.54, 1.807) is 23.1 Å². The van der Waals surface area contributed by atoms with Gasteiger partial charge in [0.1, 0.15) is 6.42 Å². The second-order valence-corrected chi connectivity index (χ2v) is 6.26. The molecule has 0 aliphatic carbocycles. The third-order valence-corrected chi connectivity index (χ3v) is 4.20. The van der Waals surface area contributed by atoms with Gasteiger partial charge in [-0.05, 0) is 37.0 Å². The molecular weight excluding hydrogens is 311 g/mol. The third-order valence-electron chi connectivity index (χ3n) is 3.65. The van der Waals surface area contributed by atoms with E-state index in [0.29, 0.717) is 21.7 Å². The van der Waals surface area contributed by atoms with Crippen LogP contribution in [0.4, 0.5) is 5.69 Å². The molecule has 1 aliphatic heterocycles. The molecule has 0 saturated carbocycles. The summed E-state index contributed by atoms with van der Waals surface area (Å²) in [7, 11) is 0. The van der Waals surface area contributed by atoms with E-state index in [2.05, 4.69) is 12.2 Å². The standard InChI is InChI=1S/C15H18Cl2N2O2/c1-10-4-6-19(7-5-10)15(21)9-14(20)18-13-3-2-11(16)8-12(13)17/h2-3,8,10H,4-7,9H2,1H3,(H,18,20). The zero-order chi connectivity index (χ0) is 15.4. The fraction of sp³-hybridized carbons (Fsp3) is 0.467. The molecule has 1 aromatic carbocycles. The van der Waals surface area contributed by atoms with Crippen molar-refractivity contribution in [2.75, 3.05) is 18.4 Å². The van der Waals surface area contributed by atoms with E-state index in [1.807, 2.05) is 0 Å². The molecule has 1 aliphatic rings. The molecule has 0 atom stereocenters. The number of benzene rings is 1. The van der Waals surface area contributed by atoms with Crippen LogP contribution in [0, 0.1) is 5.92 Å². The maximum Gasteiger partial charge on any atom is 0.233 e. The molecule has 0 unspecified atom stereocenters. The monoisotopic (exact) mass is 328 g/mol. The van der Waals surface area contributed by atoms with E-state index in [4.69, 9.17) is 23.2 Å². The maximum atomic E-state index is 12.1. The summed E-state index contributed by atoms with van der Waals surface area (Å²) in [5.74, 6) is 0.156. The Balaban J connectivity index is 1.88. The highest BCUT2D eigenvalue weighted by atomic mass is 35.5. The third kappa shape index (κ3) is 4.61. The predicted molar refractivity (Wildman–Crippen MR) is 84.7 cm³/mol. The van der Waals surface area contributed by atoms with Crippen LogP contribution in [0.3, 0.4) is 0 Å². The predicted octanol–water partition coefficient (Wildman–Crippen LogP) is 3.58. The summed E-state index contributed by atoms with van der Waals surface area (Å²) in [6.45, 7) is 3.64. The van der Waals surface area contributed by atoms with Gasteiger partial charge in [0.25, 0.3) is 0 Å². The number of amides is 2. The van der Waals surface area contributed by atoms with Crippen molar-refractivity contribution in [2.24, 2.45) is 5.92 Å². The second-order valence-electron chi connectivity index (χ2n) is 5.41. The lowest BCUT2D eigenvalue weighted by atomic mass is 9.99. The molecule has 2 amide bonds. The topological polar surface area (TPSA) is 49.4 Å².